The Labute approximate surface area is 119 Å². The number of carbonyl (C=O) groups excluding carboxylic acids is 1. The van der Waals surface area contributed by atoms with Gasteiger partial charge in [-0.15, -0.1) is 17.5 Å². The van der Waals surface area contributed by atoms with E-state index in [1.54, 1.807) is 6.20 Å². The number of hydrogen-bond acceptors (Lipinski definition) is 4. The molecule has 2 rings (SSSR count). The Bertz CT molecular complexity index is 373. The van der Waals surface area contributed by atoms with Crippen molar-refractivity contribution in [2.75, 3.05) is 13.1 Å². The van der Waals surface area contributed by atoms with E-state index in [-0.39, 0.29) is 24.4 Å². The van der Waals surface area contributed by atoms with Crippen molar-refractivity contribution in [1.29, 1.82) is 0 Å². The average molecular weight is 288 g/mol. The summed E-state index contributed by atoms with van der Waals surface area (Å²) in [5.41, 5.74) is 5.65. The molecular weight excluding hydrogens is 266 g/mol. The largest absolute Gasteiger partial charge is 0.343 e. The molecule has 1 amide bonds. The molecule has 0 bridgehead atoms. The van der Waals surface area contributed by atoms with Gasteiger partial charge in [0.25, 0.3) is 0 Å². The highest BCUT2D eigenvalue weighted by atomic mass is 35.5. The molecule has 1 aromatic heterocycles. The molecule has 6 nitrogen and oxygen atoms in total. The van der Waals surface area contributed by atoms with Crippen LogP contribution in [0, 0.1) is 5.92 Å². The first-order chi connectivity index (χ1) is 8.65. The highest BCUT2D eigenvalue weighted by Crippen LogP contribution is 2.19. The third-order valence-corrected chi connectivity index (χ3v) is 3.38. The maximum atomic E-state index is 11.9. The molecule has 7 heteroatoms. The second-order valence-electron chi connectivity index (χ2n) is 5.13. The maximum absolute atomic E-state index is 11.9. The first-order valence-electron chi connectivity index (χ1n) is 6.52. The van der Waals surface area contributed by atoms with Gasteiger partial charge in [-0.05, 0) is 25.7 Å². The van der Waals surface area contributed by atoms with E-state index in [0.29, 0.717) is 12.3 Å². The second kappa shape index (κ2) is 7.45. The molecule has 0 spiro atoms. The van der Waals surface area contributed by atoms with Crippen molar-refractivity contribution < 1.29 is 4.79 Å². The van der Waals surface area contributed by atoms with Crippen molar-refractivity contribution in [1.82, 2.24) is 19.9 Å². The van der Waals surface area contributed by atoms with Crippen LogP contribution in [0.4, 0.5) is 0 Å². The molecule has 2 heterocycles. The highest BCUT2D eigenvalue weighted by Gasteiger charge is 2.23. The fourth-order valence-corrected chi connectivity index (χ4v) is 2.36. The van der Waals surface area contributed by atoms with Crippen molar-refractivity contribution >= 4 is 18.3 Å². The zero-order chi connectivity index (χ0) is 13.0. The van der Waals surface area contributed by atoms with E-state index < -0.39 is 0 Å². The van der Waals surface area contributed by atoms with Crippen LogP contribution in [0.5, 0.6) is 0 Å². The number of piperidine rings is 1. The van der Waals surface area contributed by atoms with Crippen molar-refractivity contribution in [3.05, 3.63) is 12.4 Å². The maximum Gasteiger partial charge on any atom is 0.224 e. The normalized spacial score (nSPS) is 17.9. The van der Waals surface area contributed by atoms with Gasteiger partial charge >= 0.3 is 0 Å². The van der Waals surface area contributed by atoms with E-state index in [0.717, 1.165) is 32.5 Å². The fourth-order valence-electron chi connectivity index (χ4n) is 2.36. The molecule has 1 aromatic rings. The van der Waals surface area contributed by atoms with Crippen molar-refractivity contribution in [3.63, 3.8) is 0 Å². The molecule has 0 radical (unpaired) electrons. The molecule has 1 saturated heterocycles. The fraction of sp³-hybridized carbons (Fsp3) is 0.750. The van der Waals surface area contributed by atoms with Crippen LogP contribution >= 0.6 is 12.4 Å². The number of hydrogen-bond donors (Lipinski definition) is 1. The van der Waals surface area contributed by atoms with E-state index in [1.807, 2.05) is 22.7 Å². The number of amides is 1. The molecule has 108 valence electrons. The number of nitrogens with two attached hydrogens (primary N) is 1. The monoisotopic (exact) mass is 287 g/mol. The van der Waals surface area contributed by atoms with E-state index in [9.17, 15) is 4.79 Å². The average Bonchev–Trinajstić information content (AvgIpc) is 2.82. The Morgan fingerprint density at radius 1 is 1.47 bits per heavy atom. The molecule has 1 aliphatic heterocycles. The third kappa shape index (κ3) is 4.80. The van der Waals surface area contributed by atoms with Crippen LogP contribution in [0.1, 0.15) is 26.2 Å². The van der Waals surface area contributed by atoms with Gasteiger partial charge in [-0.25, -0.2) is 0 Å². The Morgan fingerprint density at radius 2 is 2.16 bits per heavy atom. The van der Waals surface area contributed by atoms with E-state index in [1.165, 1.54) is 0 Å². The summed E-state index contributed by atoms with van der Waals surface area (Å²) >= 11 is 0. The van der Waals surface area contributed by atoms with Gasteiger partial charge in [-0.3, -0.25) is 9.48 Å². The molecule has 1 fully saturated rings. The van der Waals surface area contributed by atoms with Crippen molar-refractivity contribution in [2.24, 2.45) is 11.7 Å². The van der Waals surface area contributed by atoms with Crippen LogP contribution in [-0.4, -0.2) is 44.9 Å². The minimum absolute atomic E-state index is 0. The molecule has 1 unspecified atom stereocenters. The minimum Gasteiger partial charge on any atom is -0.343 e. The first kappa shape index (κ1) is 15.9. The van der Waals surface area contributed by atoms with Gasteiger partial charge in [0.05, 0.1) is 6.20 Å². The van der Waals surface area contributed by atoms with E-state index in [2.05, 4.69) is 10.3 Å². The van der Waals surface area contributed by atoms with Crippen LogP contribution in [0.15, 0.2) is 12.4 Å². The van der Waals surface area contributed by atoms with Gasteiger partial charge in [-0.2, -0.15) is 0 Å². The number of carbonyl (C=O) groups is 1. The van der Waals surface area contributed by atoms with Crippen LogP contribution in [-0.2, 0) is 11.3 Å². The summed E-state index contributed by atoms with van der Waals surface area (Å²) in [6, 6.07) is -0.0506. The highest BCUT2D eigenvalue weighted by molar-refractivity contribution is 5.85. The lowest BCUT2D eigenvalue weighted by molar-refractivity contribution is -0.132. The topological polar surface area (TPSA) is 77.0 Å². The van der Waals surface area contributed by atoms with Gasteiger partial charge in [-0.1, -0.05) is 5.21 Å². The van der Waals surface area contributed by atoms with E-state index in [4.69, 9.17) is 5.73 Å². The summed E-state index contributed by atoms with van der Waals surface area (Å²) in [6.45, 7) is 4.44. The molecule has 19 heavy (non-hydrogen) atoms. The summed E-state index contributed by atoms with van der Waals surface area (Å²) < 4.78 is 1.87. The standard InChI is InChI=1S/C12H21N5O.ClH/c1-10(13)8-12(18)16-5-2-11(3-6-16)9-17-7-4-14-15-17;/h4,7,10-11H,2-3,5-6,8-9,13H2,1H3;1H. The van der Waals surface area contributed by atoms with Gasteiger partial charge in [0.15, 0.2) is 0 Å². The molecule has 0 aliphatic carbocycles. The summed E-state index contributed by atoms with van der Waals surface area (Å²) in [7, 11) is 0. The predicted molar refractivity (Wildman–Crippen MR) is 74.8 cm³/mol. The second-order valence-corrected chi connectivity index (χ2v) is 5.13. The molecule has 0 saturated carbocycles. The quantitative estimate of drug-likeness (QED) is 0.883. The smallest absolute Gasteiger partial charge is 0.224 e. The van der Waals surface area contributed by atoms with Gasteiger partial charge in [0, 0.05) is 38.3 Å². The van der Waals surface area contributed by atoms with Crippen LogP contribution in [0.25, 0.3) is 0 Å². The minimum atomic E-state index is -0.0506. The lowest BCUT2D eigenvalue weighted by Crippen LogP contribution is -2.41. The van der Waals surface area contributed by atoms with Gasteiger partial charge in [0.1, 0.15) is 0 Å². The van der Waals surface area contributed by atoms with Gasteiger partial charge in [0.2, 0.25) is 5.91 Å². The molecular formula is C12H22ClN5O. The summed E-state index contributed by atoms with van der Waals surface area (Å²) in [5, 5.41) is 7.77. The number of aromatic nitrogens is 3. The van der Waals surface area contributed by atoms with Gasteiger partial charge < -0.3 is 10.6 Å². The molecule has 0 aromatic carbocycles. The third-order valence-electron chi connectivity index (χ3n) is 3.38. The number of rotatable bonds is 4. The number of likely N-dealkylation sites (tertiary alicyclic amines) is 1. The van der Waals surface area contributed by atoms with Crippen LogP contribution in [0.3, 0.4) is 0 Å². The molecule has 2 N–H and O–H groups in total. The summed E-state index contributed by atoms with van der Waals surface area (Å²) in [4.78, 5) is 13.8. The first-order valence-corrected chi connectivity index (χ1v) is 6.52. The zero-order valence-electron chi connectivity index (χ0n) is 11.2. The molecule has 1 aliphatic rings. The van der Waals surface area contributed by atoms with Crippen LogP contribution < -0.4 is 5.73 Å². The Morgan fingerprint density at radius 3 is 2.68 bits per heavy atom. The zero-order valence-corrected chi connectivity index (χ0v) is 12.1. The van der Waals surface area contributed by atoms with Crippen molar-refractivity contribution in [3.8, 4) is 0 Å². The Kier molecular flexibility index (Phi) is 6.24. The summed E-state index contributed by atoms with van der Waals surface area (Å²) in [6.07, 6.45) is 6.10. The van der Waals surface area contributed by atoms with E-state index >= 15 is 0 Å². The SMILES string of the molecule is CC(N)CC(=O)N1CCC(Cn2ccnn2)CC1.Cl. The Hall–Kier alpha value is -1.14. The summed E-state index contributed by atoms with van der Waals surface area (Å²) in [5.74, 6) is 0.773. The Balaban J connectivity index is 0.00000180. The van der Waals surface area contributed by atoms with Crippen LogP contribution in [0.2, 0.25) is 0 Å². The number of nitrogens with zero attached hydrogens (tertiary/aromatic N) is 4. The predicted octanol–water partition coefficient (Wildman–Crippen LogP) is 0.676. The lowest BCUT2D eigenvalue weighted by Gasteiger charge is -2.32. The van der Waals surface area contributed by atoms with Crippen molar-refractivity contribution in [2.45, 2.75) is 38.8 Å². The lowest BCUT2D eigenvalue weighted by atomic mass is 9.96. The number of halogens is 1. The molecule has 1 atom stereocenters.